The van der Waals surface area contributed by atoms with E-state index >= 15 is 0 Å². The van der Waals surface area contributed by atoms with Crippen LogP contribution >= 0.6 is 0 Å². The minimum Gasteiger partial charge on any atom is -0.395 e. The molecule has 0 bridgehead atoms. The first-order valence-electron chi connectivity index (χ1n) is 6.85. The Morgan fingerprint density at radius 1 is 1.38 bits per heavy atom. The van der Waals surface area contributed by atoms with Crippen LogP contribution in [0.5, 0.6) is 0 Å². The van der Waals surface area contributed by atoms with Crippen molar-refractivity contribution in [3.63, 3.8) is 0 Å². The number of hydrogen-bond acceptors (Lipinski definition) is 7. The fourth-order valence-electron chi connectivity index (χ4n) is 2.00. The summed E-state index contributed by atoms with van der Waals surface area (Å²) in [5.41, 5.74) is 7.65. The minimum atomic E-state index is 0.0513. The second-order valence-electron chi connectivity index (χ2n) is 4.48. The van der Waals surface area contributed by atoms with Crippen LogP contribution in [0, 0.1) is 0 Å². The summed E-state index contributed by atoms with van der Waals surface area (Å²) in [5, 5.41) is 12.3. The second-order valence-corrected chi connectivity index (χ2v) is 4.48. The van der Waals surface area contributed by atoms with Crippen LogP contribution in [0.15, 0.2) is 30.9 Å². The van der Waals surface area contributed by atoms with E-state index in [9.17, 15) is 0 Å². The molecule has 0 aliphatic heterocycles. The number of nitrogens with two attached hydrogens (primary N) is 1. The van der Waals surface area contributed by atoms with Crippen molar-refractivity contribution in [2.24, 2.45) is 0 Å². The second kappa shape index (κ2) is 7.39. The predicted octanol–water partition coefficient (Wildman–Crippen LogP) is 0.884. The molecule has 4 N–H and O–H groups in total. The van der Waals surface area contributed by atoms with Crippen molar-refractivity contribution in [2.75, 3.05) is 35.6 Å². The summed E-state index contributed by atoms with van der Waals surface area (Å²) in [6.07, 6.45) is 4.99. The molecule has 0 saturated carbocycles. The van der Waals surface area contributed by atoms with Crippen molar-refractivity contribution in [2.45, 2.75) is 13.5 Å². The molecular formula is C14H20N6O. The number of nitrogens with one attached hydrogen (secondary N) is 1. The van der Waals surface area contributed by atoms with Gasteiger partial charge in [-0.1, -0.05) is 6.07 Å². The average Bonchev–Trinajstić information content (AvgIpc) is 2.53. The van der Waals surface area contributed by atoms with E-state index in [1.54, 1.807) is 12.4 Å². The summed E-state index contributed by atoms with van der Waals surface area (Å²) < 4.78 is 0. The number of hydrogen-bond donors (Lipinski definition) is 3. The molecule has 0 aromatic carbocycles. The fraction of sp³-hybridized carbons (Fsp3) is 0.357. The summed E-state index contributed by atoms with van der Waals surface area (Å²) >= 11 is 0. The highest BCUT2D eigenvalue weighted by molar-refractivity contribution is 5.74. The first-order chi connectivity index (χ1) is 10.3. The number of aliphatic hydroxyl groups is 1. The molecule has 0 spiro atoms. The zero-order valence-corrected chi connectivity index (χ0v) is 12.0. The van der Waals surface area contributed by atoms with E-state index in [2.05, 4.69) is 20.3 Å². The lowest BCUT2D eigenvalue weighted by Gasteiger charge is -2.23. The normalized spacial score (nSPS) is 10.4. The van der Waals surface area contributed by atoms with Gasteiger partial charge in [-0.15, -0.1) is 0 Å². The van der Waals surface area contributed by atoms with Gasteiger partial charge in [0, 0.05) is 32.0 Å². The molecule has 0 aliphatic rings. The van der Waals surface area contributed by atoms with E-state index < -0.39 is 0 Å². The van der Waals surface area contributed by atoms with Crippen molar-refractivity contribution in [1.29, 1.82) is 0 Å². The summed E-state index contributed by atoms with van der Waals surface area (Å²) in [4.78, 5) is 14.4. The summed E-state index contributed by atoms with van der Waals surface area (Å²) in [7, 11) is 0. The number of pyridine rings is 1. The van der Waals surface area contributed by atoms with Gasteiger partial charge in [-0.2, -0.15) is 0 Å². The molecule has 2 rings (SSSR count). The van der Waals surface area contributed by atoms with Gasteiger partial charge in [0.1, 0.15) is 12.0 Å². The Balaban J connectivity index is 2.13. The van der Waals surface area contributed by atoms with Crippen LogP contribution in [0.4, 0.5) is 17.3 Å². The average molecular weight is 288 g/mol. The largest absolute Gasteiger partial charge is 0.395 e. The first-order valence-corrected chi connectivity index (χ1v) is 6.85. The van der Waals surface area contributed by atoms with E-state index in [0.29, 0.717) is 37.0 Å². The number of rotatable bonds is 7. The van der Waals surface area contributed by atoms with Crippen molar-refractivity contribution in [1.82, 2.24) is 15.0 Å². The smallest absolute Gasteiger partial charge is 0.157 e. The monoisotopic (exact) mass is 288 g/mol. The van der Waals surface area contributed by atoms with Crippen molar-refractivity contribution in [3.05, 3.63) is 36.4 Å². The highest BCUT2D eigenvalue weighted by Crippen LogP contribution is 2.26. The Kier molecular flexibility index (Phi) is 5.28. The molecule has 0 aliphatic carbocycles. The maximum absolute atomic E-state index is 9.09. The molecule has 112 valence electrons. The van der Waals surface area contributed by atoms with Crippen LogP contribution in [-0.4, -0.2) is 39.8 Å². The lowest BCUT2D eigenvalue weighted by Crippen LogP contribution is -2.28. The lowest BCUT2D eigenvalue weighted by atomic mass is 10.3. The van der Waals surface area contributed by atoms with Crippen molar-refractivity contribution < 1.29 is 5.11 Å². The van der Waals surface area contributed by atoms with Gasteiger partial charge in [-0.3, -0.25) is 4.98 Å². The predicted molar refractivity (Wildman–Crippen MR) is 83.0 cm³/mol. The molecule has 0 atom stereocenters. The Morgan fingerprint density at radius 2 is 2.24 bits per heavy atom. The molecule has 0 saturated heterocycles. The number of aromatic nitrogens is 3. The molecule has 21 heavy (non-hydrogen) atoms. The van der Waals surface area contributed by atoms with Crippen LogP contribution in [0.3, 0.4) is 0 Å². The van der Waals surface area contributed by atoms with Gasteiger partial charge in [0.05, 0.1) is 6.61 Å². The van der Waals surface area contributed by atoms with E-state index in [1.165, 1.54) is 6.33 Å². The minimum absolute atomic E-state index is 0.0513. The quantitative estimate of drug-likeness (QED) is 0.695. The molecule has 0 fully saturated rings. The third-order valence-electron chi connectivity index (χ3n) is 3.10. The first kappa shape index (κ1) is 15.0. The van der Waals surface area contributed by atoms with Crippen LogP contribution in [0.2, 0.25) is 0 Å². The highest BCUT2D eigenvalue weighted by atomic mass is 16.3. The molecule has 0 radical (unpaired) electrons. The number of anilines is 3. The van der Waals surface area contributed by atoms with Gasteiger partial charge in [0.25, 0.3) is 0 Å². The van der Waals surface area contributed by atoms with Gasteiger partial charge in [-0.25, -0.2) is 9.97 Å². The molecule has 2 aromatic rings. The number of nitrogens with zero attached hydrogens (tertiary/aromatic N) is 4. The van der Waals surface area contributed by atoms with Gasteiger partial charge in [-0.05, 0) is 18.6 Å². The highest BCUT2D eigenvalue weighted by Gasteiger charge is 2.13. The van der Waals surface area contributed by atoms with Gasteiger partial charge >= 0.3 is 0 Å². The van der Waals surface area contributed by atoms with Crippen LogP contribution in [0.25, 0.3) is 0 Å². The van der Waals surface area contributed by atoms with E-state index in [0.717, 1.165) is 5.56 Å². The van der Waals surface area contributed by atoms with E-state index in [-0.39, 0.29) is 6.61 Å². The lowest BCUT2D eigenvalue weighted by molar-refractivity contribution is 0.302. The van der Waals surface area contributed by atoms with Gasteiger partial charge < -0.3 is 21.1 Å². The number of aliphatic hydroxyl groups excluding tert-OH is 1. The summed E-state index contributed by atoms with van der Waals surface area (Å²) in [5.74, 6) is 1.22. The Morgan fingerprint density at radius 3 is 2.90 bits per heavy atom. The topological polar surface area (TPSA) is 100 Å². The zero-order chi connectivity index (χ0) is 15.1. The molecule has 0 amide bonds. The van der Waals surface area contributed by atoms with E-state index in [4.69, 9.17) is 10.8 Å². The standard InChI is InChI=1S/C14H20N6O/c1-2-20(6-7-21)14-12(15)13(18-10-19-14)17-9-11-4-3-5-16-8-11/h3-5,8,10,21H,2,6-7,9,15H2,1H3,(H,17,18,19). The van der Waals surface area contributed by atoms with Crippen LogP contribution < -0.4 is 16.0 Å². The number of likely N-dealkylation sites (N-methyl/N-ethyl adjacent to an activating group) is 1. The van der Waals surface area contributed by atoms with Crippen LogP contribution in [0.1, 0.15) is 12.5 Å². The third-order valence-corrected chi connectivity index (χ3v) is 3.10. The molecule has 7 heteroatoms. The molecule has 2 heterocycles. The molecule has 2 aromatic heterocycles. The Labute approximate surface area is 123 Å². The van der Waals surface area contributed by atoms with Crippen LogP contribution in [-0.2, 0) is 6.54 Å². The summed E-state index contributed by atoms with van der Waals surface area (Å²) in [6, 6.07) is 3.86. The summed E-state index contributed by atoms with van der Waals surface area (Å²) in [6.45, 7) is 3.82. The third kappa shape index (κ3) is 3.79. The van der Waals surface area contributed by atoms with Gasteiger partial charge in [0.15, 0.2) is 11.6 Å². The molecular weight excluding hydrogens is 268 g/mol. The maximum atomic E-state index is 9.09. The van der Waals surface area contributed by atoms with Crippen molar-refractivity contribution in [3.8, 4) is 0 Å². The fourth-order valence-corrected chi connectivity index (χ4v) is 2.00. The Bertz CT molecular complexity index is 563. The maximum Gasteiger partial charge on any atom is 0.157 e. The zero-order valence-electron chi connectivity index (χ0n) is 12.0. The van der Waals surface area contributed by atoms with Gasteiger partial charge in [0.2, 0.25) is 0 Å². The van der Waals surface area contributed by atoms with Crippen molar-refractivity contribution >= 4 is 17.3 Å². The van der Waals surface area contributed by atoms with E-state index in [1.807, 2.05) is 24.0 Å². The Hall–Kier alpha value is -2.41. The SMILES string of the molecule is CCN(CCO)c1ncnc(NCc2cccnc2)c1N. The molecule has 7 nitrogen and oxygen atoms in total. The molecule has 0 unspecified atom stereocenters. The number of nitrogen functional groups attached to an aromatic ring is 1.